The monoisotopic (exact) mass is 428 g/mol. The number of thiophene rings is 2. The summed E-state index contributed by atoms with van der Waals surface area (Å²) in [5.41, 5.74) is 2.85. The third kappa shape index (κ3) is 4.15. The van der Waals surface area contributed by atoms with Gasteiger partial charge in [-0.25, -0.2) is 4.39 Å². The van der Waals surface area contributed by atoms with E-state index in [9.17, 15) is 9.18 Å². The highest BCUT2D eigenvalue weighted by Gasteiger charge is 2.31. The Labute approximate surface area is 179 Å². The fourth-order valence-electron chi connectivity index (χ4n) is 4.05. The SMILES string of the molecule is Cc1sc(NC(=O)c2cccs2)c(C(c2ccccc2F)N2CCCCC2)c1C. The summed E-state index contributed by atoms with van der Waals surface area (Å²) in [5.74, 6) is -0.296. The molecule has 3 heterocycles. The number of aryl methyl sites for hydroxylation is 1. The molecule has 1 aliphatic heterocycles. The summed E-state index contributed by atoms with van der Waals surface area (Å²) in [6.07, 6.45) is 3.44. The van der Waals surface area contributed by atoms with Gasteiger partial charge in [0.15, 0.2) is 0 Å². The highest BCUT2D eigenvalue weighted by atomic mass is 32.1. The van der Waals surface area contributed by atoms with Crippen LogP contribution in [0.5, 0.6) is 0 Å². The Morgan fingerprint density at radius 2 is 1.86 bits per heavy atom. The van der Waals surface area contributed by atoms with Gasteiger partial charge in [-0.1, -0.05) is 30.7 Å². The summed E-state index contributed by atoms with van der Waals surface area (Å²) in [6, 6.07) is 10.6. The predicted octanol–water partition coefficient (Wildman–Crippen LogP) is 6.39. The molecule has 3 aromatic rings. The van der Waals surface area contributed by atoms with Crippen molar-refractivity contribution in [1.82, 2.24) is 4.90 Å². The molecule has 1 atom stereocenters. The second-order valence-corrected chi connectivity index (χ2v) is 9.65. The molecule has 0 radical (unpaired) electrons. The third-order valence-electron chi connectivity index (χ3n) is 5.63. The van der Waals surface area contributed by atoms with E-state index < -0.39 is 0 Å². The first-order valence-corrected chi connectivity index (χ1v) is 11.7. The summed E-state index contributed by atoms with van der Waals surface area (Å²) in [5, 5.41) is 5.85. The molecule has 1 N–H and O–H groups in total. The number of hydrogen-bond acceptors (Lipinski definition) is 4. The van der Waals surface area contributed by atoms with Crippen molar-refractivity contribution in [2.45, 2.75) is 39.2 Å². The van der Waals surface area contributed by atoms with Gasteiger partial charge in [-0.05, 0) is 62.9 Å². The van der Waals surface area contributed by atoms with E-state index in [1.54, 1.807) is 17.4 Å². The Morgan fingerprint density at radius 3 is 2.55 bits per heavy atom. The van der Waals surface area contributed by atoms with E-state index in [1.165, 1.54) is 23.8 Å². The number of rotatable bonds is 5. The lowest BCUT2D eigenvalue weighted by Crippen LogP contribution is -2.35. The lowest BCUT2D eigenvalue weighted by atomic mass is 9.93. The summed E-state index contributed by atoms with van der Waals surface area (Å²) in [7, 11) is 0. The van der Waals surface area contributed by atoms with Crippen molar-refractivity contribution in [1.29, 1.82) is 0 Å². The van der Waals surface area contributed by atoms with Gasteiger partial charge in [-0.15, -0.1) is 22.7 Å². The maximum absolute atomic E-state index is 14.9. The van der Waals surface area contributed by atoms with Gasteiger partial charge in [0.25, 0.3) is 5.91 Å². The quantitative estimate of drug-likeness (QED) is 0.510. The first kappa shape index (κ1) is 20.3. The second kappa shape index (κ2) is 8.78. The molecule has 0 spiro atoms. The normalized spacial score (nSPS) is 16.0. The molecule has 2 aromatic heterocycles. The van der Waals surface area contributed by atoms with Gasteiger partial charge in [0.2, 0.25) is 0 Å². The number of hydrogen-bond donors (Lipinski definition) is 1. The van der Waals surface area contributed by atoms with E-state index in [-0.39, 0.29) is 17.8 Å². The molecule has 1 saturated heterocycles. The number of carbonyl (C=O) groups excluding carboxylic acids is 1. The van der Waals surface area contributed by atoms with E-state index in [0.29, 0.717) is 10.4 Å². The van der Waals surface area contributed by atoms with Crippen LogP contribution in [0.4, 0.5) is 9.39 Å². The number of benzene rings is 1. The average molecular weight is 429 g/mol. The number of likely N-dealkylation sites (tertiary alicyclic amines) is 1. The molecular formula is C23H25FN2OS2. The average Bonchev–Trinajstić information content (AvgIpc) is 3.35. The topological polar surface area (TPSA) is 32.3 Å². The van der Waals surface area contributed by atoms with E-state index >= 15 is 0 Å². The molecule has 0 aliphatic carbocycles. The molecule has 6 heteroatoms. The number of nitrogens with one attached hydrogen (secondary N) is 1. The number of carbonyl (C=O) groups is 1. The van der Waals surface area contributed by atoms with Crippen LogP contribution in [0.2, 0.25) is 0 Å². The van der Waals surface area contributed by atoms with Crippen LogP contribution in [0.15, 0.2) is 41.8 Å². The molecule has 1 unspecified atom stereocenters. The van der Waals surface area contributed by atoms with Crippen molar-refractivity contribution in [3.8, 4) is 0 Å². The molecule has 1 aromatic carbocycles. The third-order valence-corrected chi connectivity index (χ3v) is 7.64. The smallest absolute Gasteiger partial charge is 0.266 e. The molecule has 0 saturated carbocycles. The van der Waals surface area contributed by atoms with Gasteiger partial charge < -0.3 is 5.32 Å². The van der Waals surface area contributed by atoms with Crippen LogP contribution in [-0.4, -0.2) is 23.9 Å². The number of nitrogens with zero attached hydrogens (tertiary/aromatic N) is 1. The number of anilines is 1. The van der Waals surface area contributed by atoms with Crippen molar-refractivity contribution >= 4 is 33.6 Å². The minimum Gasteiger partial charge on any atom is -0.313 e. The van der Waals surface area contributed by atoms with Crippen molar-refractivity contribution in [3.63, 3.8) is 0 Å². The molecule has 1 fully saturated rings. The minimum absolute atomic E-state index is 0.103. The van der Waals surface area contributed by atoms with Gasteiger partial charge in [0, 0.05) is 16.0 Å². The molecule has 0 bridgehead atoms. The summed E-state index contributed by atoms with van der Waals surface area (Å²) in [6.45, 7) is 6.02. The fraction of sp³-hybridized carbons (Fsp3) is 0.348. The maximum Gasteiger partial charge on any atom is 0.266 e. The summed E-state index contributed by atoms with van der Waals surface area (Å²) in [4.78, 5) is 17.0. The van der Waals surface area contributed by atoms with E-state index in [4.69, 9.17) is 0 Å². The van der Waals surface area contributed by atoms with Crippen molar-refractivity contribution in [2.24, 2.45) is 0 Å². The van der Waals surface area contributed by atoms with E-state index in [2.05, 4.69) is 24.1 Å². The molecule has 1 aliphatic rings. The number of amides is 1. The van der Waals surface area contributed by atoms with Crippen LogP contribution in [0.25, 0.3) is 0 Å². The Balaban J connectivity index is 1.79. The van der Waals surface area contributed by atoms with Crippen LogP contribution >= 0.6 is 22.7 Å². The summed E-state index contributed by atoms with van der Waals surface area (Å²) >= 11 is 3.01. The van der Waals surface area contributed by atoms with Crippen LogP contribution in [-0.2, 0) is 0 Å². The zero-order chi connectivity index (χ0) is 20.4. The molecule has 152 valence electrons. The molecule has 29 heavy (non-hydrogen) atoms. The molecule has 3 nitrogen and oxygen atoms in total. The van der Waals surface area contributed by atoms with Crippen LogP contribution in [0.1, 0.15) is 56.5 Å². The van der Waals surface area contributed by atoms with Crippen molar-refractivity contribution < 1.29 is 9.18 Å². The van der Waals surface area contributed by atoms with Gasteiger partial charge in [0.05, 0.1) is 10.9 Å². The standard InChI is InChI=1S/C23H25FN2OS2/c1-15-16(2)29-23(25-22(27)19-11-8-14-28-19)20(15)21(26-12-6-3-7-13-26)17-9-4-5-10-18(17)24/h4-5,8-11,14,21H,3,6-7,12-13H2,1-2H3,(H,25,27). The Bertz CT molecular complexity index is 990. The highest BCUT2D eigenvalue weighted by molar-refractivity contribution is 7.17. The van der Waals surface area contributed by atoms with Crippen LogP contribution < -0.4 is 5.32 Å². The fourth-order valence-corrected chi connectivity index (χ4v) is 5.75. The van der Waals surface area contributed by atoms with Gasteiger partial charge >= 0.3 is 0 Å². The maximum atomic E-state index is 14.9. The largest absolute Gasteiger partial charge is 0.313 e. The van der Waals surface area contributed by atoms with Gasteiger partial charge in [-0.3, -0.25) is 9.69 Å². The van der Waals surface area contributed by atoms with Crippen molar-refractivity contribution in [2.75, 3.05) is 18.4 Å². The Morgan fingerprint density at radius 1 is 1.10 bits per heavy atom. The Hall–Kier alpha value is -2.02. The lowest BCUT2D eigenvalue weighted by molar-refractivity contribution is 0.103. The van der Waals surface area contributed by atoms with Gasteiger partial charge in [0.1, 0.15) is 10.8 Å². The van der Waals surface area contributed by atoms with E-state index in [1.807, 2.05) is 29.6 Å². The first-order chi connectivity index (χ1) is 14.1. The molecule has 4 rings (SSSR count). The Kier molecular flexibility index (Phi) is 6.13. The predicted molar refractivity (Wildman–Crippen MR) is 120 cm³/mol. The first-order valence-electron chi connectivity index (χ1n) is 9.99. The number of piperidine rings is 1. The van der Waals surface area contributed by atoms with Crippen LogP contribution in [0.3, 0.4) is 0 Å². The van der Waals surface area contributed by atoms with Gasteiger partial charge in [-0.2, -0.15) is 0 Å². The summed E-state index contributed by atoms with van der Waals surface area (Å²) < 4.78 is 14.9. The minimum atomic E-state index is -0.194. The highest BCUT2D eigenvalue weighted by Crippen LogP contribution is 2.43. The molecular weight excluding hydrogens is 403 g/mol. The lowest BCUT2D eigenvalue weighted by Gasteiger charge is -2.36. The van der Waals surface area contributed by atoms with Crippen molar-refractivity contribution in [3.05, 3.63) is 74.0 Å². The van der Waals surface area contributed by atoms with E-state index in [0.717, 1.165) is 46.9 Å². The van der Waals surface area contributed by atoms with Crippen LogP contribution in [0, 0.1) is 19.7 Å². The number of halogens is 1. The second-order valence-electron chi connectivity index (χ2n) is 7.48. The molecule has 1 amide bonds. The zero-order valence-electron chi connectivity index (χ0n) is 16.7. The zero-order valence-corrected chi connectivity index (χ0v) is 18.3.